The maximum Gasteiger partial charge on any atom is 0.122 e. The van der Waals surface area contributed by atoms with Gasteiger partial charge in [0.2, 0.25) is 0 Å². The summed E-state index contributed by atoms with van der Waals surface area (Å²) in [6.45, 7) is 7.37. The van der Waals surface area contributed by atoms with Gasteiger partial charge >= 0.3 is 0 Å². The Morgan fingerprint density at radius 3 is 2.89 bits per heavy atom. The average molecular weight is 247 g/mol. The fraction of sp³-hybridized carbons (Fsp3) is 0.625. The molecule has 0 radical (unpaired) electrons. The standard InChI is InChI=1S/C16H25NO/c1-3-7-13-12-17-11-10-14(13)15-8-5-6-9-16(15)18-4-2/h5-6,8-9,13-14,17H,3-4,7,10-12H2,1-2H3. The van der Waals surface area contributed by atoms with Gasteiger partial charge in [-0.25, -0.2) is 0 Å². The third kappa shape index (κ3) is 3.05. The van der Waals surface area contributed by atoms with Gasteiger partial charge in [0.05, 0.1) is 6.61 Å². The minimum Gasteiger partial charge on any atom is -0.494 e. The van der Waals surface area contributed by atoms with Crippen molar-refractivity contribution in [3.8, 4) is 5.75 Å². The number of benzene rings is 1. The topological polar surface area (TPSA) is 21.3 Å². The van der Waals surface area contributed by atoms with Crippen molar-refractivity contribution in [3.05, 3.63) is 29.8 Å². The smallest absolute Gasteiger partial charge is 0.122 e. The van der Waals surface area contributed by atoms with E-state index in [4.69, 9.17) is 4.74 Å². The van der Waals surface area contributed by atoms with Crippen LogP contribution >= 0.6 is 0 Å². The quantitative estimate of drug-likeness (QED) is 0.858. The van der Waals surface area contributed by atoms with Crippen molar-refractivity contribution in [2.24, 2.45) is 5.92 Å². The van der Waals surface area contributed by atoms with Gasteiger partial charge in [-0.05, 0) is 56.3 Å². The van der Waals surface area contributed by atoms with E-state index < -0.39 is 0 Å². The number of ether oxygens (including phenoxy) is 1. The molecule has 0 aromatic heterocycles. The predicted octanol–water partition coefficient (Wildman–Crippen LogP) is 3.58. The van der Waals surface area contributed by atoms with Gasteiger partial charge < -0.3 is 10.1 Å². The van der Waals surface area contributed by atoms with E-state index in [1.54, 1.807) is 0 Å². The van der Waals surface area contributed by atoms with Crippen molar-refractivity contribution in [1.29, 1.82) is 0 Å². The molecule has 2 nitrogen and oxygen atoms in total. The van der Waals surface area contributed by atoms with Gasteiger partial charge in [-0.15, -0.1) is 0 Å². The molecular formula is C16H25NO. The average Bonchev–Trinajstić information content (AvgIpc) is 2.41. The SMILES string of the molecule is CCCC1CNCCC1c1ccccc1OCC. The van der Waals surface area contributed by atoms with E-state index in [1.807, 2.05) is 0 Å². The van der Waals surface area contributed by atoms with Gasteiger partial charge in [-0.1, -0.05) is 31.5 Å². The van der Waals surface area contributed by atoms with E-state index in [0.717, 1.165) is 31.4 Å². The number of para-hydroxylation sites is 1. The zero-order valence-electron chi connectivity index (χ0n) is 11.6. The van der Waals surface area contributed by atoms with E-state index in [2.05, 4.69) is 43.4 Å². The molecule has 1 aromatic carbocycles. The summed E-state index contributed by atoms with van der Waals surface area (Å²) in [6.07, 6.45) is 3.80. The maximum absolute atomic E-state index is 5.80. The minimum absolute atomic E-state index is 0.661. The molecule has 1 heterocycles. The molecule has 2 unspecified atom stereocenters. The highest BCUT2D eigenvalue weighted by Gasteiger charge is 2.27. The first-order valence-corrected chi connectivity index (χ1v) is 7.29. The molecular weight excluding hydrogens is 222 g/mol. The number of hydrogen-bond donors (Lipinski definition) is 1. The molecule has 0 aliphatic carbocycles. The molecule has 1 N–H and O–H groups in total. The second-order valence-electron chi connectivity index (χ2n) is 5.12. The van der Waals surface area contributed by atoms with Crippen LogP contribution in [0.3, 0.4) is 0 Å². The van der Waals surface area contributed by atoms with Crippen molar-refractivity contribution in [3.63, 3.8) is 0 Å². The van der Waals surface area contributed by atoms with E-state index in [1.165, 1.54) is 24.8 Å². The van der Waals surface area contributed by atoms with Gasteiger partial charge in [-0.2, -0.15) is 0 Å². The van der Waals surface area contributed by atoms with Crippen LogP contribution in [0.1, 0.15) is 44.6 Å². The molecule has 100 valence electrons. The third-order valence-electron chi connectivity index (χ3n) is 3.89. The van der Waals surface area contributed by atoms with Crippen molar-refractivity contribution in [2.45, 2.75) is 39.0 Å². The normalized spacial score (nSPS) is 23.9. The second kappa shape index (κ2) is 6.79. The van der Waals surface area contributed by atoms with Gasteiger partial charge in [-0.3, -0.25) is 0 Å². The lowest BCUT2D eigenvalue weighted by molar-refractivity contribution is 0.288. The third-order valence-corrected chi connectivity index (χ3v) is 3.89. The molecule has 0 bridgehead atoms. The molecule has 2 heteroatoms. The van der Waals surface area contributed by atoms with Crippen LogP contribution in [-0.4, -0.2) is 19.7 Å². The summed E-state index contributed by atoms with van der Waals surface area (Å²) in [6, 6.07) is 8.58. The fourth-order valence-corrected chi connectivity index (χ4v) is 3.08. The summed E-state index contributed by atoms with van der Waals surface area (Å²) in [5.41, 5.74) is 1.42. The molecule has 0 amide bonds. The van der Waals surface area contributed by atoms with Crippen LogP contribution in [-0.2, 0) is 0 Å². The number of piperidine rings is 1. The Morgan fingerprint density at radius 1 is 1.28 bits per heavy atom. The van der Waals surface area contributed by atoms with E-state index in [-0.39, 0.29) is 0 Å². The molecule has 1 aliphatic heterocycles. The lowest BCUT2D eigenvalue weighted by Crippen LogP contribution is -2.35. The summed E-state index contributed by atoms with van der Waals surface area (Å²) in [5.74, 6) is 2.51. The van der Waals surface area contributed by atoms with Gasteiger partial charge in [0, 0.05) is 0 Å². The highest BCUT2D eigenvalue weighted by Crippen LogP contribution is 2.37. The van der Waals surface area contributed by atoms with E-state index in [0.29, 0.717) is 5.92 Å². The Hall–Kier alpha value is -1.02. The number of rotatable bonds is 5. The molecule has 2 rings (SSSR count). The molecule has 18 heavy (non-hydrogen) atoms. The van der Waals surface area contributed by atoms with Gasteiger partial charge in [0.15, 0.2) is 0 Å². The summed E-state index contributed by atoms with van der Waals surface area (Å²) >= 11 is 0. The molecule has 1 fully saturated rings. The van der Waals surface area contributed by atoms with Crippen molar-refractivity contribution < 1.29 is 4.74 Å². The Morgan fingerprint density at radius 2 is 2.11 bits per heavy atom. The van der Waals surface area contributed by atoms with Crippen LogP contribution in [0.2, 0.25) is 0 Å². The predicted molar refractivity (Wildman–Crippen MR) is 76.2 cm³/mol. The zero-order valence-corrected chi connectivity index (χ0v) is 11.6. The maximum atomic E-state index is 5.80. The van der Waals surface area contributed by atoms with Crippen LogP contribution in [0.15, 0.2) is 24.3 Å². The summed E-state index contributed by atoms with van der Waals surface area (Å²) in [4.78, 5) is 0. The Labute approximate surface area is 111 Å². The number of hydrogen-bond acceptors (Lipinski definition) is 2. The Kier molecular flexibility index (Phi) is 5.06. The minimum atomic E-state index is 0.661. The van der Waals surface area contributed by atoms with E-state index in [9.17, 15) is 0 Å². The molecule has 2 atom stereocenters. The Balaban J connectivity index is 2.21. The van der Waals surface area contributed by atoms with Crippen LogP contribution < -0.4 is 10.1 Å². The van der Waals surface area contributed by atoms with Crippen LogP contribution in [0.25, 0.3) is 0 Å². The first kappa shape index (κ1) is 13.4. The number of nitrogens with one attached hydrogen (secondary N) is 1. The first-order valence-electron chi connectivity index (χ1n) is 7.29. The van der Waals surface area contributed by atoms with Crippen LogP contribution in [0, 0.1) is 5.92 Å². The lowest BCUT2D eigenvalue weighted by atomic mass is 9.78. The Bertz CT molecular complexity index is 362. The first-order chi connectivity index (χ1) is 8.86. The largest absolute Gasteiger partial charge is 0.494 e. The van der Waals surface area contributed by atoms with Crippen LogP contribution in [0.5, 0.6) is 5.75 Å². The van der Waals surface area contributed by atoms with Crippen LogP contribution in [0.4, 0.5) is 0 Å². The van der Waals surface area contributed by atoms with Crippen molar-refractivity contribution >= 4 is 0 Å². The van der Waals surface area contributed by atoms with Gasteiger partial charge in [0.25, 0.3) is 0 Å². The van der Waals surface area contributed by atoms with Crippen molar-refractivity contribution in [2.75, 3.05) is 19.7 Å². The summed E-state index contributed by atoms with van der Waals surface area (Å²) in [7, 11) is 0. The second-order valence-corrected chi connectivity index (χ2v) is 5.12. The van der Waals surface area contributed by atoms with Gasteiger partial charge in [0.1, 0.15) is 5.75 Å². The summed E-state index contributed by atoms with van der Waals surface area (Å²) in [5, 5.41) is 3.53. The molecule has 1 aliphatic rings. The fourth-order valence-electron chi connectivity index (χ4n) is 3.08. The molecule has 1 saturated heterocycles. The summed E-state index contributed by atoms with van der Waals surface area (Å²) < 4.78 is 5.80. The highest BCUT2D eigenvalue weighted by atomic mass is 16.5. The molecule has 1 aromatic rings. The van der Waals surface area contributed by atoms with E-state index >= 15 is 0 Å². The molecule has 0 saturated carbocycles. The zero-order chi connectivity index (χ0) is 12.8. The van der Waals surface area contributed by atoms with Crippen molar-refractivity contribution in [1.82, 2.24) is 5.32 Å². The molecule has 0 spiro atoms. The lowest BCUT2D eigenvalue weighted by Gasteiger charge is -2.33. The monoisotopic (exact) mass is 247 g/mol. The highest BCUT2D eigenvalue weighted by molar-refractivity contribution is 5.37.